The summed E-state index contributed by atoms with van der Waals surface area (Å²) in [7, 11) is 0. The van der Waals surface area contributed by atoms with Crippen LogP contribution < -0.4 is 10.2 Å². The first-order valence-corrected chi connectivity index (χ1v) is 9.04. The molecule has 0 atom stereocenters. The average molecular weight is 356 g/mol. The van der Waals surface area contributed by atoms with Crippen molar-refractivity contribution in [1.82, 2.24) is 0 Å². The molecule has 0 aromatic heterocycles. The van der Waals surface area contributed by atoms with E-state index >= 15 is 0 Å². The van der Waals surface area contributed by atoms with Gasteiger partial charge >= 0.3 is 0 Å². The van der Waals surface area contributed by atoms with Gasteiger partial charge in [-0.2, -0.15) is 0 Å². The van der Waals surface area contributed by atoms with Gasteiger partial charge in [-0.15, -0.1) is 0 Å². The van der Waals surface area contributed by atoms with Gasteiger partial charge in [0.15, 0.2) is 0 Å². The first-order chi connectivity index (χ1) is 12.4. The smallest absolute Gasteiger partial charge is 0.227 e. The van der Waals surface area contributed by atoms with Crippen LogP contribution in [-0.2, 0) is 17.8 Å². The normalized spacial score (nSPS) is 17.6. The minimum atomic E-state index is -1.28. The Morgan fingerprint density at radius 3 is 2.62 bits per heavy atom. The lowest BCUT2D eigenvalue weighted by atomic mass is 9.93. The molecule has 26 heavy (non-hydrogen) atoms. The summed E-state index contributed by atoms with van der Waals surface area (Å²) in [5.74, 6) is -0.486. The third-order valence-corrected chi connectivity index (χ3v) is 5.42. The van der Waals surface area contributed by atoms with E-state index in [4.69, 9.17) is 0 Å². The monoisotopic (exact) mass is 356 g/mol. The number of anilines is 2. The third kappa shape index (κ3) is 3.43. The highest BCUT2D eigenvalue weighted by Gasteiger charge is 2.44. The van der Waals surface area contributed by atoms with E-state index < -0.39 is 5.67 Å². The van der Waals surface area contributed by atoms with Gasteiger partial charge in [0.05, 0.1) is 6.42 Å². The highest BCUT2D eigenvalue weighted by molar-refractivity contribution is 5.92. The minimum Gasteiger partial charge on any atom is -0.367 e. The van der Waals surface area contributed by atoms with Crippen LogP contribution in [0.2, 0.25) is 0 Å². The number of fused-ring (bicyclic) bond motifs is 1. The summed E-state index contributed by atoms with van der Waals surface area (Å²) in [5, 5.41) is 2.87. The van der Waals surface area contributed by atoms with Gasteiger partial charge in [0.1, 0.15) is 11.5 Å². The molecular formula is C21H22F2N2O. The molecule has 1 aliphatic carbocycles. The second-order valence-electron chi connectivity index (χ2n) is 7.40. The molecule has 1 saturated carbocycles. The Morgan fingerprint density at radius 2 is 1.92 bits per heavy atom. The van der Waals surface area contributed by atoms with E-state index in [1.807, 2.05) is 19.1 Å². The van der Waals surface area contributed by atoms with E-state index in [9.17, 15) is 13.6 Å². The molecule has 0 unspecified atom stereocenters. The first-order valence-electron chi connectivity index (χ1n) is 9.04. The van der Waals surface area contributed by atoms with Gasteiger partial charge in [-0.3, -0.25) is 4.79 Å². The van der Waals surface area contributed by atoms with E-state index in [1.165, 1.54) is 23.3 Å². The van der Waals surface area contributed by atoms with Crippen molar-refractivity contribution < 1.29 is 13.6 Å². The fraction of sp³-hybridized carbons (Fsp3) is 0.381. The van der Waals surface area contributed by atoms with Crippen LogP contribution in [0.3, 0.4) is 0 Å². The molecule has 0 radical (unpaired) electrons. The highest BCUT2D eigenvalue weighted by Crippen LogP contribution is 2.43. The summed E-state index contributed by atoms with van der Waals surface area (Å²) >= 11 is 0. The molecule has 0 bridgehead atoms. The third-order valence-electron chi connectivity index (χ3n) is 5.42. The molecule has 5 heteroatoms. The van der Waals surface area contributed by atoms with Crippen LogP contribution >= 0.6 is 0 Å². The number of nitrogens with one attached hydrogen (secondary N) is 1. The molecule has 0 saturated heterocycles. The lowest BCUT2D eigenvalue weighted by molar-refractivity contribution is -0.117. The van der Waals surface area contributed by atoms with Gasteiger partial charge in [0, 0.05) is 24.5 Å². The summed E-state index contributed by atoms with van der Waals surface area (Å²) in [6, 6.07) is 10.5. The van der Waals surface area contributed by atoms with Crippen LogP contribution in [0.15, 0.2) is 36.4 Å². The average Bonchev–Trinajstić information content (AvgIpc) is 3.34. The SMILES string of the molecule is Cc1c(NC(=O)CC2(F)CC2)ccc2c1CCN(c1ccc(F)cc1)C2. The molecule has 4 rings (SSSR count). The van der Waals surface area contributed by atoms with Crippen molar-refractivity contribution in [2.24, 2.45) is 0 Å². The molecule has 0 spiro atoms. The summed E-state index contributed by atoms with van der Waals surface area (Å²) in [6.07, 6.45) is 1.78. The Balaban J connectivity index is 1.49. The van der Waals surface area contributed by atoms with Gasteiger partial charge in [-0.05, 0) is 73.2 Å². The molecule has 1 fully saturated rings. The predicted octanol–water partition coefficient (Wildman–Crippen LogP) is 4.53. The maximum absolute atomic E-state index is 13.8. The Labute approximate surface area is 152 Å². The van der Waals surface area contributed by atoms with Gasteiger partial charge in [-0.25, -0.2) is 8.78 Å². The minimum absolute atomic E-state index is 0.0537. The summed E-state index contributed by atoms with van der Waals surface area (Å²) in [4.78, 5) is 14.3. The zero-order chi connectivity index (χ0) is 18.3. The van der Waals surface area contributed by atoms with Crippen molar-refractivity contribution in [1.29, 1.82) is 0 Å². The zero-order valence-corrected chi connectivity index (χ0v) is 14.8. The standard InChI is InChI=1S/C21H22F2N2O/c1-14-18-8-11-25(17-5-3-16(22)4-6-17)13-15(18)2-7-19(14)24-20(26)12-21(23)9-10-21/h2-7H,8-13H2,1H3,(H,24,26). The predicted molar refractivity (Wildman–Crippen MR) is 98.7 cm³/mol. The highest BCUT2D eigenvalue weighted by atomic mass is 19.1. The van der Waals surface area contributed by atoms with Crippen molar-refractivity contribution in [3.8, 4) is 0 Å². The van der Waals surface area contributed by atoms with Crippen molar-refractivity contribution in [2.75, 3.05) is 16.8 Å². The molecule has 136 valence electrons. The maximum atomic E-state index is 13.8. The number of hydrogen-bond acceptors (Lipinski definition) is 2. The van der Waals surface area contributed by atoms with E-state index in [2.05, 4.69) is 10.2 Å². The van der Waals surface area contributed by atoms with Crippen molar-refractivity contribution >= 4 is 17.3 Å². The lowest BCUT2D eigenvalue weighted by Crippen LogP contribution is -2.31. The van der Waals surface area contributed by atoms with Crippen LogP contribution in [0.25, 0.3) is 0 Å². The number of rotatable bonds is 4. The maximum Gasteiger partial charge on any atom is 0.227 e. The Morgan fingerprint density at radius 1 is 1.19 bits per heavy atom. The molecule has 1 amide bonds. The van der Waals surface area contributed by atoms with Crippen LogP contribution in [0, 0.1) is 12.7 Å². The summed E-state index contributed by atoms with van der Waals surface area (Å²) in [6.45, 7) is 3.60. The number of benzene rings is 2. The molecule has 2 aromatic carbocycles. The van der Waals surface area contributed by atoms with E-state index in [0.717, 1.165) is 36.4 Å². The Kier molecular flexibility index (Phi) is 4.17. The number of halogens is 2. The molecule has 3 nitrogen and oxygen atoms in total. The molecular weight excluding hydrogens is 334 g/mol. The van der Waals surface area contributed by atoms with E-state index in [0.29, 0.717) is 12.8 Å². The molecule has 2 aromatic rings. The lowest BCUT2D eigenvalue weighted by Gasteiger charge is -2.32. The van der Waals surface area contributed by atoms with Crippen LogP contribution in [0.4, 0.5) is 20.2 Å². The van der Waals surface area contributed by atoms with Gasteiger partial charge in [0.2, 0.25) is 5.91 Å². The fourth-order valence-electron chi connectivity index (χ4n) is 3.64. The summed E-state index contributed by atoms with van der Waals surface area (Å²) in [5.41, 5.74) is 4.00. The number of hydrogen-bond donors (Lipinski definition) is 1. The Hall–Kier alpha value is -2.43. The molecule has 1 N–H and O–H groups in total. The molecule has 1 aliphatic heterocycles. The molecule has 2 aliphatic rings. The largest absolute Gasteiger partial charge is 0.367 e. The van der Waals surface area contributed by atoms with Gasteiger partial charge in [0.25, 0.3) is 0 Å². The quantitative estimate of drug-likeness (QED) is 0.873. The second-order valence-corrected chi connectivity index (χ2v) is 7.40. The molecule has 1 heterocycles. The first kappa shape index (κ1) is 17.0. The van der Waals surface area contributed by atoms with Crippen molar-refractivity contribution in [3.63, 3.8) is 0 Å². The van der Waals surface area contributed by atoms with Crippen molar-refractivity contribution in [3.05, 3.63) is 58.9 Å². The van der Waals surface area contributed by atoms with Crippen molar-refractivity contribution in [2.45, 2.75) is 44.8 Å². The number of amides is 1. The number of alkyl halides is 1. The topological polar surface area (TPSA) is 32.3 Å². The van der Waals surface area contributed by atoms with E-state index in [1.54, 1.807) is 12.1 Å². The zero-order valence-electron chi connectivity index (χ0n) is 14.8. The number of carbonyl (C=O) groups excluding carboxylic acids is 1. The Bertz CT molecular complexity index is 844. The van der Waals surface area contributed by atoms with Gasteiger partial charge < -0.3 is 10.2 Å². The van der Waals surface area contributed by atoms with Crippen LogP contribution in [0.1, 0.15) is 36.0 Å². The van der Waals surface area contributed by atoms with Crippen LogP contribution in [-0.4, -0.2) is 18.1 Å². The number of nitrogens with zero attached hydrogens (tertiary/aromatic N) is 1. The van der Waals surface area contributed by atoms with E-state index in [-0.39, 0.29) is 18.1 Å². The van der Waals surface area contributed by atoms with Crippen LogP contribution in [0.5, 0.6) is 0 Å². The van der Waals surface area contributed by atoms with Gasteiger partial charge in [-0.1, -0.05) is 6.07 Å². The summed E-state index contributed by atoms with van der Waals surface area (Å²) < 4.78 is 26.9. The number of carbonyl (C=O) groups is 1. The fourth-order valence-corrected chi connectivity index (χ4v) is 3.64. The second kappa shape index (κ2) is 6.38.